The minimum Gasteiger partial charge on any atom is -0.478 e. The number of carboxylic acids is 2. The maximum absolute atomic E-state index is 13.1. The van der Waals surface area contributed by atoms with Gasteiger partial charge in [0.05, 0.1) is 23.5 Å². The summed E-state index contributed by atoms with van der Waals surface area (Å²) in [4.78, 5) is 48.3. The first-order valence-corrected chi connectivity index (χ1v) is 10.7. The molecular weight excluding hydrogens is 506 g/mol. The zero-order chi connectivity index (χ0) is 27.8. The molecule has 2 amide bonds. The molecule has 2 aromatic rings. The van der Waals surface area contributed by atoms with Gasteiger partial charge in [0.1, 0.15) is 5.82 Å². The molecule has 200 valence electrons. The first-order chi connectivity index (χ1) is 17.3. The zero-order valence-electron chi connectivity index (χ0n) is 19.4. The largest absolute Gasteiger partial charge is 0.490 e. The molecular formula is C23H23F4N3O7. The molecule has 3 N–H and O–H groups in total. The number of halogens is 4. The van der Waals surface area contributed by atoms with Crippen LogP contribution in [0.3, 0.4) is 0 Å². The molecule has 0 atom stereocenters. The van der Waals surface area contributed by atoms with Crippen molar-refractivity contribution in [1.29, 1.82) is 0 Å². The molecule has 0 aromatic heterocycles. The molecule has 1 aliphatic rings. The van der Waals surface area contributed by atoms with Crippen molar-refractivity contribution >= 4 is 35.3 Å². The highest BCUT2D eigenvalue weighted by molar-refractivity contribution is 6.06. The van der Waals surface area contributed by atoms with Crippen molar-refractivity contribution in [2.75, 3.05) is 43.0 Å². The first-order valence-electron chi connectivity index (χ1n) is 10.7. The van der Waals surface area contributed by atoms with Crippen LogP contribution < -0.4 is 10.2 Å². The number of benzene rings is 2. The maximum Gasteiger partial charge on any atom is 0.490 e. The molecule has 0 unspecified atom stereocenters. The van der Waals surface area contributed by atoms with E-state index in [9.17, 15) is 37.1 Å². The Morgan fingerprint density at radius 2 is 1.49 bits per heavy atom. The minimum atomic E-state index is -5.08. The molecule has 37 heavy (non-hydrogen) atoms. The van der Waals surface area contributed by atoms with Crippen molar-refractivity contribution in [2.24, 2.45) is 0 Å². The molecule has 2 aromatic carbocycles. The second-order valence-electron chi connectivity index (χ2n) is 7.47. The average Bonchev–Trinajstić information content (AvgIpc) is 2.84. The minimum absolute atomic E-state index is 0.0262. The Morgan fingerprint density at radius 1 is 0.946 bits per heavy atom. The summed E-state index contributed by atoms with van der Waals surface area (Å²) in [6.07, 6.45) is -5.46. The zero-order valence-corrected chi connectivity index (χ0v) is 19.4. The predicted octanol–water partition coefficient (Wildman–Crippen LogP) is 3.69. The lowest BCUT2D eigenvalue weighted by atomic mass is 10.1. The van der Waals surface area contributed by atoms with E-state index in [0.717, 1.165) is 0 Å². The normalized spacial score (nSPS) is 13.2. The maximum atomic E-state index is 13.1. The lowest BCUT2D eigenvalue weighted by molar-refractivity contribution is -0.192. The van der Waals surface area contributed by atoms with E-state index in [0.29, 0.717) is 44.2 Å². The number of carbonyl (C=O) groups excluding carboxylic acids is 2. The van der Waals surface area contributed by atoms with Gasteiger partial charge >= 0.3 is 24.2 Å². The Balaban J connectivity index is 0.000000604. The number of carbonyl (C=O) groups is 4. The first kappa shape index (κ1) is 28.9. The third kappa shape index (κ3) is 8.37. The lowest BCUT2D eigenvalue weighted by Crippen LogP contribution is -2.49. The average molecular weight is 529 g/mol. The van der Waals surface area contributed by atoms with Crippen LogP contribution in [0.4, 0.5) is 33.7 Å². The van der Waals surface area contributed by atoms with Gasteiger partial charge in [-0.1, -0.05) is 0 Å². The van der Waals surface area contributed by atoms with Crippen LogP contribution in [-0.4, -0.2) is 78.0 Å². The Kier molecular flexibility index (Phi) is 9.80. The van der Waals surface area contributed by atoms with Gasteiger partial charge in [-0.3, -0.25) is 4.79 Å². The topological polar surface area (TPSA) is 136 Å². The van der Waals surface area contributed by atoms with Gasteiger partial charge < -0.3 is 30.1 Å². The number of anilines is 2. The number of piperazine rings is 1. The number of nitrogens with one attached hydrogen (secondary N) is 1. The van der Waals surface area contributed by atoms with E-state index < -0.39 is 29.8 Å². The molecule has 1 fully saturated rings. The van der Waals surface area contributed by atoms with E-state index in [1.165, 1.54) is 36.4 Å². The summed E-state index contributed by atoms with van der Waals surface area (Å²) in [5.74, 6) is -4.82. The second-order valence-corrected chi connectivity index (χ2v) is 7.47. The summed E-state index contributed by atoms with van der Waals surface area (Å²) in [5.41, 5.74) is 1.24. The van der Waals surface area contributed by atoms with Crippen molar-refractivity contribution in [2.45, 2.75) is 13.1 Å². The number of ether oxygens (including phenoxy) is 1. The summed E-state index contributed by atoms with van der Waals surface area (Å²) in [7, 11) is 0. The summed E-state index contributed by atoms with van der Waals surface area (Å²) >= 11 is 0. The molecule has 0 aliphatic carbocycles. The number of rotatable bonds is 5. The number of hydrogen-bond acceptors (Lipinski definition) is 6. The monoisotopic (exact) mass is 529 g/mol. The van der Waals surface area contributed by atoms with E-state index >= 15 is 0 Å². The SMILES string of the molecule is CCOC(=O)N1CCN(c2ccc(C(=O)O)cc2NC(=O)c2ccc(F)cc2)CC1.O=C(O)C(F)(F)F. The standard InChI is InChI=1S/C21H22FN3O5.C2HF3O2/c1-2-30-21(29)25-11-9-24(10-12-25)18-8-5-15(20(27)28)13-17(18)23-19(26)14-3-6-16(22)7-4-14;3-2(4,5)1(6)7/h3-8,13H,2,9-12H2,1H3,(H,23,26)(H,27,28);(H,6,7). The number of amides is 2. The van der Waals surface area contributed by atoms with Crippen LogP contribution in [0.25, 0.3) is 0 Å². The van der Waals surface area contributed by atoms with E-state index in [1.807, 2.05) is 4.90 Å². The fourth-order valence-corrected chi connectivity index (χ4v) is 3.19. The quantitative estimate of drug-likeness (QED) is 0.499. The summed E-state index contributed by atoms with van der Waals surface area (Å²) in [5, 5.41) is 19.2. The van der Waals surface area contributed by atoms with Crippen LogP contribution in [0, 0.1) is 5.82 Å². The molecule has 0 radical (unpaired) electrons. The van der Waals surface area contributed by atoms with E-state index in [2.05, 4.69) is 5.32 Å². The summed E-state index contributed by atoms with van der Waals surface area (Å²) < 4.78 is 49.9. The molecule has 1 aliphatic heterocycles. The van der Waals surface area contributed by atoms with Crippen molar-refractivity contribution in [3.05, 3.63) is 59.4 Å². The molecule has 0 spiro atoms. The van der Waals surface area contributed by atoms with Gasteiger partial charge in [-0.15, -0.1) is 0 Å². The third-order valence-electron chi connectivity index (χ3n) is 4.99. The van der Waals surface area contributed by atoms with Gasteiger partial charge in [-0.05, 0) is 49.4 Å². The van der Waals surface area contributed by atoms with Gasteiger partial charge in [0.15, 0.2) is 0 Å². The smallest absolute Gasteiger partial charge is 0.478 e. The van der Waals surface area contributed by atoms with Gasteiger partial charge in [0.25, 0.3) is 5.91 Å². The molecule has 3 rings (SSSR count). The van der Waals surface area contributed by atoms with Crippen LogP contribution in [0.2, 0.25) is 0 Å². The lowest BCUT2D eigenvalue weighted by Gasteiger charge is -2.36. The summed E-state index contributed by atoms with van der Waals surface area (Å²) in [6, 6.07) is 9.53. The number of aliphatic carboxylic acids is 1. The Labute approximate surface area is 208 Å². The Hall–Kier alpha value is -4.36. The van der Waals surface area contributed by atoms with Crippen LogP contribution in [0.15, 0.2) is 42.5 Å². The van der Waals surface area contributed by atoms with Gasteiger partial charge in [0, 0.05) is 31.7 Å². The Bertz CT molecular complexity index is 1130. The van der Waals surface area contributed by atoms with Crippen LogP contribution in [-0.2, 0) is 9.53 Å². The van der Waals surface area contributed by atoms with Crippen molar-refractivity contribution in [3.63, 3.8) is 0 Å². The van der Waals surface area contributed by atoms with Crippen molar-refractivity contribution < 1.29 is 51.7 Å². The Morgan fingerprint density at radius 3 is 1.97 bits per heavy atom. The fourth-order valence-electron chi connectivity index (χ4n) is 3.19. The molecule has 14 heteroatoms. The molecule has 1 saturated heterocycles. The molecule has 1 heterocycles. The van der Waals surface area contributed by atoms with Crippen molar-refractivity contribution in [3.8, 4) is 0 Å². The molecule has 0 saturated carbocycles. The van der Waals surface area contributed by atoms with Gasteiger partial charge in [-0.2, -0.15) is 13.2 Å². The van der Waals surface area contributed by atoms with Crippen LogP contribution >= 0.6 is 0 Å². The molecule has 0 bridgehead atoms. The van der Waals surface area contributed by atoms with E-state index in [-0.39, 0.29) is 17.2 Å². The predicted molar refractivity (Wildman–Crippen MR) is 122 cm³/mol. The van der Waals surface area contributed by atoms with Crippen molar-refractivity contribution in [1.82, 2.24) is 4.90 Å². The van der Waals surface area contributed by atoms with E-state index in [1.54, 1.807) is 17.9 Å². The van der Waals surface area contributed by atoms with Gasteiger partial charge in [0.2, 0.25) is 0 Å². The fraction of sp³-hybridized carbons (Fsp3) is 0.304. The number of carboxylic acid groups (broad SMARTS) is 2. The van der Waals surface area contributed by atoms with Crippen LogP contribution in [0.5, 0.6) is 0 Å². The molecule has 10 nitrogen and oxygen atoms in total. The number of alkyl halides is 3. The highest BCUT2D eigenvalue weighted by Gasteiger charge is 2.38. The third-order valence-corrected chi connectivity index (χ3v) is 4.99. The highest BCUT2D eigenvalue weighted by atomic mass is 19.4. The summed E-state index contributed by atoms with van der Waals surface area (Å²) in [6.45, 7) is 3.90. The number of nitrogens with zero attached hydrogens (tertiary/aromatic N) is 2. The highest BCUT2D eigenvalue weighted by Crippen LogP contribution is 2.29. The van der Waals surface area contributed by atoms with Crippen LogP contribution in [0.1, 0.15) is 27.6 Å². The second kappa shape index (κ2) is 12.6. The number of hydrogen-bond donors (Lipinski definition) is 3. The van der Waals surface area contributed by atoms with Gasteiger partial charge in [-0.25, -0.2) is 18.8 Å². The van der Waals surface area contributed by atoms with E-state index in [4.69, 9.17) is 14.6 Å². The number of aromatic carboxylic acids is 1.